The topological polar surface area (TPSA) is 45.9 Å². The van der Waals surface area contributed by atoms with Crippen molar-refractivity contribution in [2.45, 2.75) is 51.4 Å². The van der Waals surface area contributed by atoms with Crippen LogP contribution in [-0.2, 0) is 10.8 Å². The number of hydrogen-bond donors (Lipinski definition) is 0. The molecular weight excluding hydrogens is 1210 g/mol. The molecule has 3 aromatic heterocycles. The van der Waals surface area contributed by atoms with Crippen LogP contribution in [0.25, 0.3) is 132 Å². The third kappa shape index (κ3) is 8.34. The highest BCUT2D eigenvalue weighted by atomic mass is 16.3. The minimum Gasteiger partial charge on any atom is -0.456 e. The zero-order chi connectivity index (χ0) is 66.0. The number of nitrogens with zero attached hydrogens (tertiary/aromatic N) is 2. The minimum atomic E-state index is -0.988. The second-order valence-corrected chi connectivity index (χ2v) is 28.4. The Kier molecular flexibility index (Phi) is 12.3. The molecule has 5 heteroatoms. The number of para-hydroxylation sites is 3. The van der Waals surface area contributed by atoms with E-state index in [2.05, 4.69) is 348 Å². The van der Waals surface area contributed by atoms with Gasteiger partial charge in [-0.3, -0.25) is 0 Å². The van der Waals surface area contributed by atoms with Crippen LogP contribution in [0.2, 0.25) is 0 Å². The van der Waals surface area contributed by atoms with Crippen molar-refractivity contribution in [2.75, 3.05) is 9.80 Å². The van der Waals surface area contributed by atoms with Crippen LogP contribution >= 0.6 is 0 Å². The predicted molar refractivity (Wildman–Crippen MR) is 413 cm³/mol. The van der Waals surface area contributed by atoms with Crippen molar-refractivity contribution < 1.29 is 13.3 Å². The van der Waals surface area contributed by atoms with Gasteiger partial charge in [0.25, 0.3) is 0 Å². The molecule has 5 nitrogen and oxygen atoms in total. The van der Waals surface area contributed by atoms with Crippen LogP contribution in [0.4, 0.5) is 34.1 Å². The van der Waals surface area contributed by atoms with Crippen molar-refractivity contribution in [1.82, 2.24) is 0 Å². The van der Waals surface area contributed by atoms with Gasteiger partial charge in [0.15, 0.2) is 0 Å². The predicted octanol–water partition coefficient (Wildman–Crippen LogP) is 26.7. The molecule has 0 N–H and O–H groups in total. The molecule has 15 aromatic carbocycles. The van der Waals surface area contributed by atoms with Crippen LogP contribution in [0, 0.1) is 0 Å². The number of fused-ring (bicyclic) bond motifs is 24. The van der Waals surface area contributed by atoms with Gasteiger partial charge >= 0.3 is 0 Å². The van der Waals surface area contributed by atoms with E-state index in [0.717, 1.165) is 144 Å². The second kappa shape index (κ2) is 21.4. The number of furan rings is 3. The Balaban J connectivity index is 0.928. The lowest BCUT2D eigenvalue weighted by Gasteiger charge is -2.34. The first-order valence-electron chi connectivity index (χ1n) is 34.6. The van der Waals surface area contributed by atoms with Gasteiger partial charge in [0.1, 0.15) is 33.5 Å². The largest absolute Gasteiger partial charge is 0.456 e. The molecule has 0 aliphatic heterocycles. The fourth-order valence-electron chi connectivity index (χ4n) is 17.0. The quantitative estimate of drug-likeness (QED) is 0.144. The molecule has 0 saturated carbocycles. The van der Waals surface area contributed by atoms with Gasteiger partial charge in [0, 0.05) is 55.4 Å². The van der Waals surface area contributed by atoms with E-state index in [1.807, 2.05) is 0 Å². The Bertz CT molecular complexity index is 6350. The SMILES string of the molecule is CC(C)c1ccc(N(c2ccc(-c3cccc4ccccc34)cc2)c2cc3c(c4oc5ccccc5c24)-c2c(cc(N(c4ccc(-c5cccc6ccccc56)cc4)c4ccc(C(C)(C)C)cc4)c4c2oc2ccccc24)C32c3ccccc3-c3c2ccc2oc4ccccc4c32)cc1. The molecule has 0 radical (unpaired) electrons. The van der Waals surface area contributed by atoms with Gasteiger partial charge in [0.05, 0.1) is 27.6 Å². The zero-order valence-electron chi connectivity index (χ0n) is 55.6. The first kappa shape index (κ1) is 57.1. The number of hydrogen-bond acceptors (Lipinski definition) is 5. The number of rotatable bonds is 9. The Hall–Kier alpha value is -12.2. The summed E-state index contributed by atoms with van der Waals surface area (Å²) in [6.07, 6.45) is 0. The third-order valence-electron chi connectivity index (χ3n) is 21.6. The van der Waals surface area contributed by atoms with Gasteiger partial charge in [-0.25, -0.2) is 0 Å². The van der Waals surface area contributed by atoms with Gasteiger partial charge < -0.3 is 23.1 Å². The van der Waals surface area contributed by atoms with Crippen molar-refractivity contribution in [1.29, 1.82) is 0 Å². The lowest BCUT2D eigenvalue weighted by molar-refractivity contribution is 0.590. The van der Waals surface area contributed by atoms with E-state index in [-0.39, 0.29) is 5.41 Å². The molecule has 0 fully saturated rings. The maximum absolute atomic E-state index is 7.74. The van der Waals surface area contributed by atoms with Crippen molar-refractivity contribution in [3.63, 3.8) is 0 Å². The van der Waals surface area contributed by atoms with Gasteiger partial charge in [-0.15, -0.1) is 0 Å². The Morgan fingerprint density at radius 3 is 1.21 bits per heavy atom. The van der Waals surface area contributed by atoms with Crippen LogP contribution in [0.5, 0.6) is 0 Å². The molecule has 0 saturated heterocycles. The summed E-state index contributed by atoms with van der Waals surface area (Å²) in [4.78, 5) is 4.97. The summed E-state index contributed by atoms with van der Waals surface area (Å²) >= 11 is 0. The average molecular weight is 1270 g/mol. The van der Waals surface area contributed by atoms with Crippen LogP contribution in [0.1, 0.15) is 73.9 Å². The molecule has 470 valence electrons. The summed E-state index contributed by atoms with van der Waals surface area (Å²) in [5.41, 5.74) is 26.1. The van der Waals surface area contributed by atoms with Crippen LogP contribution in [0.3, 0.4) is 0 Å². The molecule has 18 aromatic rings. The monoisotopic (exact) mass is 1270 g/mol. The normalized spacial score (nSPS) is 14.0. The van der Waals surface area contributed by atoms with Crippen LogP contribution in [-0.4, -0.2) is 0 Å². The number of anilines is 6. The van der Waals surface area contributed by atoms with Crippen molar-refractivity contribution in [3.05, 3.63) is 337 Å². The smallest absolute Gasteiger partial charge is 0.145 e. The summed E-state index contributed by atoms with van der Waals surface area (Å²) in [6.45, 7) is 11.4. The van der Waals surface area contributed by atoms with Gasteiger partial charge in [-0.1, -0.05) is 253 Å². The maximum atomic E-state index is 7.74. The molecular formula is C94H66N2O3. The van der Waals surface area contributed by atoms with E-state index in [0.29, 0.717) is 5.92 Å². The molecule has 2 aliphatic carbocycles. The third-order valence-corrected chi connectivity index (χ3v) is 21.6. The number of benzene rings is 15. The Labute approximate surface area is 573 Å². The van der Waals surface area contributed by atoms with Crippen molar-refractivity contribution >= 4 is 121 Å². The lowest BCUT2D eigenvalue weighted by atomic mass is 9.70. The molecule has 1 unspecified atom stereocenters. The molecule has 99 heavy (non-hydrogen) atoms. The lowest BCUT2D eigenvalue weighted by Crippen LogP contribution is -2.26. The summed E-state index contributed by atoms with van der Waals surface area (Å²) in [6, 6.07) is 112. The molecule has 1 spiro atoms. The van der Waals surface area contributed by atoms with Gasteiger partial charge in [0.2, 0.25) is 0 Å². The van der Waals surface area contributed by atoms with Gasteiger partial charge in [-0.05, 0) is 185 Å². The second-order valence-electron chi connectivity index (χ2n) is 28.4. The summed E-state index contributed by atoms with van der Waals surface area (Å²) in [7, 11) is 0. The van der Waals surface area contributed by atoms with E-state index < -0.39 is 5.41 Å². The molecule has 3 heterocycles. The van der Waals surface area contributed by atoms with E-state index in [9.17, 15) is 0 Å². The maximum Gasteiger partial charge on any atom is 0.145 e. The van der Waals surface area contributed by atoms with Gasteiger partial charge in [-0.2, -0.15) is 0 Å². The molecule has 0 bridgehead atoms. The van der Waals surface area contributed by atoms with E-state index in [1.165, 1.54) is 54.9 Å². The highest BCUT2D eigenvalue weighted by molar-refractivity contribution is 6.26. The fourth-order valence-corrected chi connectivity index (χ4v) is 17.0. The highest BCUT2D eigenvalue weighted by Crippen LogP contribution is 2.69. The van der Waals surface area contributed by atoms with Crippen LogP contribution in [0.15, 0.2) is 317 Å². The standard InChI is InChI=1S/C94H66N2O3/c1-56(2)57-36-44-63(45-37-57)95(64-46-38-60(39-47-64)69-30-18-22-58-20-6-8-24-67(58)69)79-54-77-89(91-86(79)72-27-11-16-34-82(72)98-91)90-78(94(77)75-32-14-10-26-71(75)85-76(94)52-53-84-88(85)74-29-13-15-33-81(74)97-84)55-80(87-73-28-12-17-35-83(73)99-92(87)90)96(66-50-42-62(43-51-66)93(3,4)5)65-48-40-61(41-49-65)70-31-19-23-59-21-7-9-25-68(59)70/h6-56H,1-5H3. The first-order valence-corrected chi connectivity index (χ1v) is 34.6. The first-order chi connectivity index (χ1) is 48.6. The molecule has 2 aliphatic rings. The summed E-state index contributed by atoms with van der Waals surface area (Å²) in [5, 5.41) is 11.1. The van der Waals surface area contributed by atoms with Crippen molar-refractivity contribution in [3.8, 4) is 44.5 Å². The molecule has 1 atom stereocenters. The van der Waals surface area contributed by atoms with Crippen molar-refractivity contribution in [2.24, 2.45) is 0 Å². The Morgan fingerprint density at radius 1 is 0.313 bits per heavy atom. The summed E-state index contributed by atoms with van der Waals surface area (Å²) in [5.74, 6) is 0.338. The van der Waals surface area contributed by atoms with Crippen LogP contribution < -0.4 is 9.80 Å². The fraction of sp³-hybridized carbons (Fsp3) is 0.0851. The average Bonchev–Trinajstić information content (AvgIpc) is 1.48. The molecule has 20 rings (SSSR count). The van der Waals surface area contributed by atoms with E-state index in [1.54, 1.807) is 0 Å². The minimum absolute atomic E-state index is 0.0763. The van der Waals surface area contributed by atoms with E-state index >= 15 is 0 Å². The molecule has 0 amide bonds. The Morgan fingerprint density at radius 2 is 0.717 bits per heavy atom. The highest BCUT2D eigenvalue weighted by Gasteiger charge is 2.55. The summed E-state index contributed by atoms with van der Waals surface area (Å²) < 4.78 is 22.4. The zero-order valence-corrected chi connectivity index (χ0v) is 55.6. The van der Waals surface area contributed by atoms with E-state index in [4.69, 9.17) is 13.3 Å².